The van der Waals surface area contributed by atoms with Crippen LogP contribution in [-0.4, -0.2) is 26.3 Å². The van der Waals surface area contributed by atoms with E-state index in [-0.39, 0.29) is 5.69 Å². The highest BCUT2D eigenvalue weighted by Crippen LogP contribution is 2.13. The van der Waals surface area contributed by atoms with E-state index >= 15 is 0 Å². The van der Waals surface area contributed by atoms with Gasteiger partial charge in [-0.05, 0) is 12.1 Å². The summed E-state index contributed by atoms with van der Waals surface area (Å²) in [5, 5.41) is 8.96. The molecular formula is C10H9ClN2O2. The van der Waals surface area contributed by atoms with Gasteiger partial charge in [0, 0.05) is 18.5 Å². The Morgan fingerprint density at radius 1 is 1.53 bits per heavy atom. The predicted molar refractivity (Wildman–Crippen MR) is 56.6 cm³/mol. The molecule has 0 aliphatic rings. The Hall–Kier alpha value is -1.55. The molecule has 0 spiro atoms. The number of imidazole rings is 1. The molecule has 0 aromatic carbocycles. The minimum absolute atomic E-state index is 0.0794. The van der Waals surface area contributed by atoms with Crippen molar-refractivity contribution in [3.63, 3.8) is 0 Å². The lowest BCUT2D eigenvalue weighted by Gasteiger charge is -1.96. The minimum Gasteiger partial charge on any atom is -0.476 e. The van der Waals surface area contributed by atoms with Gasteiger partial charge in [0.05, 0.1) is 5.52 Å². The number of hydrogen-bond donors (Lipinski definition) is 1. The van der Waals surface area contributed by atoms with Gasteiger partial charge in [0.15, 0.2) is 5.69 Å². The molecule has 0 saturated carbocycles. The first-order valence-electron chi connectivity index (χ1n) is 4.49. The highest BCUT2D eigenvalue weighted by Gasteiger charge is 2.15. The number of carbonyl (C=O) groups is 1. The molecule has 0 bridgehead atoms. The maximum absolute atomic E-state index is 10.9. The van der Waals surface area contributed by atoms with Crippen LogP contribution in [0.25, 0.3) is 5.52 Å². The summed E-state index contributed by atoms with van der Waals surface area (Å²) < 4.78 is 1.76. The first-order valence-corrected chi connectivity index (χ1v) is 5.02. The van der Waals surface area contributed by atoms with Crippen molar-refractivity contribution in [2.24, 2.45) is 0 Å². The van der Waals surface area contributed by atoms with Crippen molar-refractivity contribution in [3.8, 4) is 0 Å². The Morgan fingerprint density at radius 2 is 2.33 bits per heavy atom. The lowest BCUT2D eigenvalue weighted by Crippen LogP contribution is -1.97. The number of fused-ring (bicyclic) bond motifs is 1. The van der Waals surface area contributed by atoms with Gasteiger partial charge in [-0.1, -0.05) is 6.07 Å². The van der Waals surface area contributed by atoms with Gasteiger partial charge >= 0.3 is 5.97 Å². The fourth-order valence-electron chi connectivity index (χ4n) is 1.52. The average molecular weight is 225 g/mol. The molecule has 2 aromatic rings. The van der Waals surface area contributed by atoms with Gasteiger partial charge < -0.3 is 9.51 Å². The van der Waals surface area contributed by atoms with Crippen LogP contribution in [0.5, 0.6) is 0 Å². The molecule has 0 unspecified atom stereocenters. The highest BCUT2D eigenvalue weighted by atomic mass is 35.5. The third kappa shape index (κ3) is 1.68. The number of halogens is 1. The van der Waals surface area contributed by atoms with Crippen molar-refractivity contribution in [1.82, 2.24) is 9.38 Å². The normalized spacial score (nSPS) is 10.7. The zero-order chi connectivity index (χ0) is 10.8. The van der Waals surface area contributed by atoms with Gasteiger partial charge in [-0.3, -0.25) is 0 Å². The second kappa shape index (κ2) is 3.90. The van der Waals surface area contributed by atoms with Crippen LogP contribution in [0.4, 0.5) is 0 Å². The fraction of sp³-hybridized carbons (Fsp3) is 0.200. The first-order chi connectivity index (χ1) is 7.24. The molecule has 0 radical (unpaired) electrons. The molecular weight excluding hydrogens is 216 g/mol. The molecule has 0 saturated heterocycles. The molecule has 0 amide bonds. The zero-order valence-corrected chi connectivity index (χ0v) is 8.61. The number of hydrogen-bond acceptors (Lipinski definition) is 2. The monoisotopic (exact) mass is 224 g/mol. The largest absolute Gasteiger partial charge is 0.476 e. The summed E-state index contributed by atoms with van der Waals surface area (Å²) in [5.41, 5.74) is 0.681. The van der Waals surface area contributed by atoms with Crippen molar-refractivity contribution >= 4 is 23.1 Å². The molecule has 4 nitrogen and oxygen atoms in total. The number of carboxylic acid groups (broad SMARTS) is 1. The number of rotatable bonds is 3. The number of nitrogens with zero attached hydrogens (tertiary/aromatic N) is 2. The van der Waals surface area contributed by atoms with Crippen LogP contribution in [0.2, 0.25) is 0 Å². The predicted octanol–water partition coefficient (Wildman–Crippen LogP) is 1.81. The van der Waals surface area contributed by atoms with Crippen molar-refractivity contribution in [2.75, 3.05) is 5.88 Å². The second-order valence-corrected chi connectivity index (χ2v) is 3.45. The summed E-state index contributed by atoms with van der Waals surface area (Å²) in [7, 11) is 0. The van der Waals surface area contributed by atoms with Gasteiger partial charge in [0.25, 0.3) is 0 Å². The van der Waals surface area contributed by atoms with E-state index in [1.807, 2.05) is 6.07 Å². The van der Waals surface area contributed by atoms with Crippen LogP contribution in [0.15, 0.2) is 24.4 Å². The Balaban J connectivity index is 2.67. The molecule has 5 heteroatoms. The second-order valence-electron chi connectivity index (χ2n) is 3.08. The lowest BCUT2D eigenvalue weighted by molar-refractivity contribution is 0.0693. The highest BCUT2D eigenvalue weighted by molar-refractivity contribution is 6.17. The Labute approximate surface area is 91.1 Å². The summed E-state index contributed by atoms with van der Waals surface area (Å²) >= 11 is 5.62. The summed E-state index contributed by atoms with van der Waals surface area (Å²) in [4.78, 5) is 15.0. The van der Waals surface area contributed by atoms with Gasteiger partial charge in [-0.25, -0.2) is 9.78 Å². The van der Waals surface area contributed by atoms with E-state index in [1.54, 1.807) is 22.7 Å². The summed E-state index contributed by atoms with van der Waals surface area (Å²) in [6.07, 6.45) is 2.34. The first kappa shape index (κ1) is 9.98. The number of pyridine rings is 1. The van der Waals surface area contributed by atoms with Crippen LogP contribution in [0.3, 0.4) is 0 Å². The molecule has 2 aromatic heterocycles. The number of aromatic nitrogens is 2. The SMILES string of the molecule is O=C(O)c1nc(CCCl)n2ccccc12. The molecule has 15 heavy (non-hydrogen) atoms. The van der Waals surface area contributed by atoms with Crippen molar-refractivity contribution in [2.45, 2.75) is 6.42 Å². The molecule has 1 N–H and O–H groups in total. The quantitative estimate of drug-likeness (QED) is 0.809. The number of aromatic carboxylic acids is 1. The summed E-state index contributed by atoms with van der Waals surface area (Å²) in [6, 6.07) is 5.35. The average Bonchev–Trinajstić information content (AvgIpc) is 2.59. The zero-order valence-electron chi connectivity index (χ0n) is 7.85. The van der Waals surface area contributed by atoms with E-state index in [2.05, 4.69) is 4.98 Å². The Bertz CT molecular complexity index is 507. The third-order valence-electron chi connectivity index (χ3n) is 2.14. The van der Waals surface area contributed by atoms with Crippen LogP contribution >= 0.6 is 11.6 Å². The molecule has 78 valence electrons. The fourth-order valence-corrected chi connectivity index (χ4v) is 1.69. The molecule has 2 heterocycles. The molecule has 0 aliphatic carbocycles. The van der Waals surface area contributed by atoms with E-state index in [1.165, 1.54) is 0 Å². The maximum atomic E-state index is 10.9. The number of aryl methyl sites for hydroxylation is 1. The Kier molecular flexibility index (Phi) is 2.60. The number of alkyl halides is 1. The van der Waals surface area contributed by atoms with Crippen molar-refractivity contribution in [1.29, 1.82) is 0 Å². The maximum Gasteiger partial charge on any atom is 0.356 e. The van der Waals surface area contributed by atoms with E-state index in [9.17, 15) is 4.79 Å². The minimum atomic E-state index is -1.01. The number of carboxylic acids is 1. The topological polar surface area (TPSA) is 54.6 Å². The van der Waals surface area contributed by atoms with Crippen LogP contribution in [0.1, 0.15) is 16.3 Å². The molecule has 0 aliphatic heterocycles. The van der Waals surface area contributed by atoms with E-state index in [4.69, 9.17) is 16.7 Å². The van der Waals surface area contributed by atoms with Gasteiger partial charge in [0.2, 0.25) is 0 Å². The molecule has 2 rings (SSSR count). The van der Waals surface area contributed by atoms with E-state index in [0.29, 0.717) is 23.6 Å². The Morgan fingerprint density at radius 3 is 3.00 bits per heavy atom. The van der Waals surface area contributed by atoms with E-state index < -0.39 is 5.97 Å². The van der Waals surface area contributed by atoms with Gasteiger partial charge in [0.1, 0.15) is 5.82 Å². The third-order valence-corrected chi connectivity index (χ3v) is 2.33. The molecule has 0 fully saturated rings. The van der Waals surface area contributed by atoms with Crippen LogP contribution < -0.4 is 0 Å². The summed E-state index contributed by atoms with van der Waals surface area (Å²) in [5.74, 6) is 0.0880. The van der Waals surface area contributed by atoms with Crippen molar-refractivity contribution in [3.05, 3.63) is 35.9 Å². The standard InChI is InChI=1S/C10H9ClN2O2/c11-5-4-8-12-9(10(14)15)7-3-1-2-6-13(7)8/h1-3,6H,4-5H2,(H,14,15). The van der Waals surface area contributed by atoms with E-state index in [0.717, 1.165) is 0 Å². The van der Waals surface area contributed by atoms with Gasteiger partial charge in [-0.15, -0.1) is 11.6 Å². The molecule has 0 atom stereocenters. The smallest absolute Gasteiger partial charge is 0.356 e. The van der Waals surface area contributed by atoms with Crippen molar-refractivity contribution < 1.29 is 9.90 Å². The van der Waals surface area contributed by atoms with Crippen LogP contribution in [0, 0.1) is 0 Å². The van der Waals surface area contributed by atoms with Gasteiger partial charge in [-0.2, -0.15) is 0 Å². The lowest BCUT2D eigenvalue weighted by atomic mass is 10.3. The summed E-state index contributed by atoms with van der Waals surface area (Å²) in [6.45, 7) is 0. The van der Waals surface area contributed by atoms with Crippen LogP contribution in [-0.2, 0) is 6.42 Å².